The second-order valence-electron chi connectivity index (χ2n) is 7.33. The molecule has 1 spiro atoms. The van der Waals surface area contributed by atoms with Crippen LogP contribution in [-0.2, 0) is 23.8 Å². The summed E-state index contributed by atoms with van der Waals surface area (Å²) < 4.78 is 22.0. The average molecular weight is 377 g/mol. The van der Waals surface area contributed by atoms with Crippen molar-refractivity contribution in [2.45, 2.75) is 45.3 Å². The highest BCUT2D eigenvalue weighted by Gasteiger charge is 2.47. The van der Waals surface area contributed by atoms with E-state index in [0.29, 0.717) is 31.3 Å². The summed E-state index contributed by atoms with van der Waals surface area (Å²) in [5.74, 6) is -0.506. The molecule has 7 nitrogen and oxygen atoms in total. The quantitative estimate of drug-likeness (QED) is 0.768. The Balaban J connectivity index is 1.51. The molecule has 27 heavy (non-hydrogen) atoms. The van der Waals surface area contributed by atoms with Gasteiger partial charge in [0.15, 0.2) is 12.4 Å². The van der Waals surface area contributed by atoms with E-state index >= 15 is 0 Å². The van der Waals surface area contributed by atoms with Gasteiger partial charge in [-0.2, -0.15) is 0 Å². The Morgan fingerprint density at radius 3 is 2.33 bits per heavy atom. The highest BCUT2D eigenvalue weighted by atomic mass is 16.7. The zero-order chi connectivity index (χ0) is 19.3. The largest absolute Gasteiger partial charge is 0.482 e. The number of rotatable bonds is 6. The smallest absolute Gasteiger partial charge is 0.344 e. The summed E-state index contributed by atoms with van der Waals surface area (Å²) in [6, 6.07) is 6.84. The van der Waals surface area contributed by atoms with Crippen molar-refractivity contribution in [2.75, 3.05) is 31.7 Å². The normalized spacial score (nSPS) is 20.2. The maximum absolute atomic E-state index is 12.7. The van der Waals surface area contributed by atoms with Crippen molar-refractivity contribution in [3.63, 3.8) is 0 Å². The number of carbonyl (C=O) groups excluding carboxylic acids is 2. The van der Waals surface area contributed by atoms with Gasteiger partial charge < -0.3 is 24.3 Å². The topological polar surface area (TPSA) is 83.1 Å². The lowest BCUT2D eigenvalue weighted by atomic mass is 9.90. The van der Waals surface area contributed by atoms with Crippen LogP contribution in [0.2, 0.25) is 0 Å². The molecule has 0 bridgehead atoms. The molecule has 148 valence electrons. The summed E-state index contributed by atoms with van der Waals surface area (Å²) in [4.78, 5) is 24.0. The standard InChI is InChI=1S/C20H27NO6/c1-3-24-17(22)12-25-16-8-6-15(7-9-16)21-18(23)19(2)13-26-20(27-14-19)10-4-5-11-20/h6-9H,3-5,10-14H2,1-2H3,(H,21,23). The van der Waals surface area contributed by atoms with E-state index in [9.17, 15) is 9.59 Å². The molecule has 1 aliphatic carbocycles. The van der Waals surface area contributed by atoms with Gasteiger partial charge in [-0.15, -0.1) is 0 Å². The average Bonchev–Trinajstić information content (AvgIpc) is 3.13. The van der Waals surface area contributed by atoms with Crippen molar-refractivity contribution in [3.8, 4) is 5.75 Å². The lowest BCUT2D eigenvalue weighted by Gasteiger charge is -2.42. The molecule has 1 heterocycles. The number of amides is 1. The van der Waals surface area contributed by atoms with E-state index in [1.165, 1.54) is 0 Å². The number of esters is 1. The number of hydrogen-bond donors (Lipinski definition) is 1. The van der Waals surface area contributed by atoms with Crippen molar-refractivity contribution < 1.29 is 28.5 Å². The van der Waals surface area contributed by atoms with Gasteiger partial charge in [0.2, 0.25) is 5.91 Å². The summed E-state index contributed by atoms with van der Waals surface area (Å²) in [6.07, 6.45) is 4.01. The SMILES string of the molecule is CCOC(=O)COc1ccc(NC(=O)C2(C)COC3(CCCC3)OC2)cc1. The Bertz CT molecular complexity index is 656. The van der Waals surface area contributed by atoms with E-state index in [2.05, 4.69) is 5.32 Å². The minimum atomic E-state index is -0.729. The van der Waals surface area contributed by atoms with Crippen LogP contribution in [0.1, 0.15) is 39.5 Å². The van der Waals surface area contributed by atoms with Crippen molar-refractivity contribution in [2.24, 2.45) is 5.41 Å². The Kier molecular flexibility index (Phi) is 6.01. The molecule has 2 aliphatic rings. The van der Waals surface area contributed by atoms with E-state index in [1.807, 2.05) is 6.92 Å². The van der Waals surface area contributed by atoms with Crippen molar-refractivity contribution in [1.29, 1.82) is 0 Å². The second kappa shape index (κ2) is 8.27. The Labute approximate surface area is 159 Å². The van der Waals surface area contributed by atoms with E-state index < -0.39 is 17.2 Å². The zero-order valence-electron chi connectivity index (χ0n) is 15.9. The number of benzene rings is 1. The lowest BCUT2D eigenvalue weighted by Crippen LogP contribution is -2.52. The van der Waals surface area contributed by atoms with Crippen molar-refractivity contribution in [1.82, 2.24) is 0 Å². The van der Waals surface area contributed by atoms with Crippen LogP contribution < -0.4 is 10.1 Å². The third kappa shape index (κ3) is 4.78. The van der Waals surface area contributed by atoms with E-state index in [-0.39, 0.29) is 12.5 Å². The molecule has 7 heteroatoms. The van der Waals surface area contributed by atoms with Crippen LogP contribution in [0, 0.1) is 5.41 Å². The second-order valence-corrected chi connectivity index (χ2v) is 7.33. The minimum Gasteiger partial charge on any atom is -0.482 e. The van der Waals surface area contributed by atoms with Gasteiger partial charge >= 0.3 is 5.97 Å². The first-order chi connectivity index (χ1) is 12.9. The fourth-order valence-corrected chi connectivity index (χ4v) is 3.26. The molecular weight excluding hydrogens is 350 g/mol. The molecule has 1 aliphatic heterocycles. The molecule has 1 N–H and O–H groups in total. The third-order valence-corrected chi connectivity index (χ3v) is 5.00. The molecule has 0 aromatic heterocycles. The van der Waals surface area contributed by atoms with Gasteiger partial charge in [-0.05, 0) is 51.0 Å². The highest BCUT2D eigenvalue weighted by Crippen LogP contribution is 2.40. The van der Waals surface area contributed by atoms with Gasteiger partial charge in [-0.25, -0.2) is 4.79 Å². The molecule has 1 saturated carbocycles. The molecule has 0 unspecified atom stereocenters. The highest BCUT2D eigenvalue weighted by molar-refractivity contribution is 5.95. The number of ether oxygens (including phenoxy) is 4. The molecule has 2 fully saturated rings. The molecule has 0 atom stereocenters. The number of hydrogen-bond acceptors (Lipinski definition) is 6. The minimum absolute atomic E-state index is 0.143. The predicted octanol–water partition coefficient (Wildman–Crippen LogP) is 2.89. The number of carbonyl (C=O) groups is 2. The molecule has 3 rings (SSSR count). The van der Waals surface area contributed by atoms with Crippen LogP contribution in [0.15, 0.2) is 24.3 Å². The number of anilines is 1. The first-order valence-corrected chi connectivity index (χ1v) is 9.43. The summed E-state index contributed by atoms with van der Waals surface area (Å²) in [5.41, 5.74) is -0.0849. The van der Waals surface area contributed by atoms with Crippen LogP contribution in [0.5, 0.6) is 5.75 Å². The van der Waals surface area contributed by atoms with Gasteiger partial charge in [0.05, 0.1) is 25.2 Å². The fraction of sp³-hybridized carbons (Fsp3) is 0.600. The Morgan fingerprint density at radius 2 is 1.74 bits per heavy atom. The first kappa shape index (κ1) is 19.6. The van der Waals surface area contributed by atoms with Gasteiger partial charge in [0.25, 0.3) is 0 Å². The maximum atomic E-state index is 12.7. The Hall–Kier alpha value is -2.12. The van der Waals surface area contributed by atoms with Crippen LogP contribution in [0.25, 0.3) is 0 Å². The molecule has 1 aromatic carbocycles. The Morgan fingerprint density at radius 1 is 1.11 bits per heavy atom. The zero-order valence-corrected chi connectivity index (χ0v) is 15.9. The van der Waals surface area contributed by atoms with Crippen LogP contribution in [0.4, 0.5) is 5.69 Å². The summed E-state index contributed by atoms with van der Waals surface area (Å²) >= 11 is 0. The maximum Gasteiger partial charge on any atom is 0.344 e. The monoisotopic (exact) mass is 377 g/mol. The molecule has 1 saturated heterocycles. The van der Waals surface area contributed by atoms with E-state index in [0.717, 1.165) is 25.7 Å². The first-order valence-electron chi connectivity index (χ1n) is 9.43. The summed E-state index contributed by atoms with van der Waals surface area (Å²) in [7, 11) is 0. The summed E-state index contributed by atoms with van der Waals surface area (Å²) in [6.45, 7) is 4.46. The number of nitrogens with one attached hydrogen (secondary N) is 1. The van der Waals surface area contributed by atoms with Gasteiger partial charge in [-0.1, -0.05) is 0 Å². The fourth-order valence-electron chi connectivity index (χ4n) is 3.26. The van der Waals surface area contributed by atoms with Crippen molar-refractivity contribution >= 4 is 17.6 Å². The van der Waals surface area contributed by atoms with Crippen molar-refractivity contribution in [3.05, 3.63) is 24.3 Å². The molecular formula is C20H27NO6. The van der Waals surface area contributed by atoms with E-state index in [1.54, 1.807) is 31.2 Å². The molecule has 1 aromatic rings. The van der Waals surface area contributed by atoms with Crippen LogP contribution in [0.3, 0.4) is 0 Å². The van der Waals surface area contributed by atoms with E-state index in [4.69, 9.17) is 18.9 Å². The van der Waals surface area contributed by atoms with Crippen LogP contribution in [-0.4, -0.2) is 44.1 Å². The third-order valence-electron chi connectivity index (χ3n) is 5.00. The lowest BCUT2D eigenvalue weighted by molar-refractivity contribution is -0.291. The predicted molar refractivity (Wildman–Crippen MR) is 98.4 cm³/mol. The molecule has 1 amide bonds. The van der Waals surface area contributed by atoms with Gasteiger partial charge in [0, 0.05) is 18.5 Å². The summed E-state index contributed by atoms with van der Waals surface area (Å²) in [5, 5.41) is 2.90. The van der Waals surface area contributed by atoms with Gasteiger partial charge in [-0.3, -0.25) is 4.79 Å². The van der Waals surface area contributed by atoms with Gasteiger partial charge in [0.1, 0.15) is 5.75 Å². The van der Waals surface area contributed by atoms with Crippen LogP contribution >= 0.6 is 0 Å². The molecule has 0 radical (unpaired) electrons.